The quantitative estimate of drug-likeness (QED) is 0.197. The first-order valence-corrected chi connectivity index (χ1v) is 10.5. The fourth-order valence-electron chi connectivity index (χ4n) is 3.63. The number of para-hydroxylation sites is 1. The molecule has 1 aliphatic heterocycles. The predicted molar refractivity (Wildman–Crippen MR) is 125 cm³/mol. The number of nitrogens with zero attached hydrogens (tertiary/aromatic N) is 1. The Bertz CT molecular complexity index is 1090. The van der Waals surface area contributed by atoms with Gasteiger partial charge in [-0.25, -0.2) is 0 Å². The van der Waals surface area contributed by atoms with Crippen LogP contribution in [-0.2, 0) is 4.79 Å². The van der Waals surface area contributed by atoms with E-state index in [4.69, 9.17) is 0 Å². The van der Waals surface area contributed by atoms with Crippen LogP contribution >= 0.6 is 0 Å². The molecule has 1 aliphatic rings. The normalized spacial score (nSPS) is 13.8. The van der Waals surface area contributed by atoms with Crippen LogP contribution in [0.3, 0.4) is 0 Å². The van der Waals surface area contributed by atoms with E-state index in [9.17, 15) is 24.9 Å². The molecule has 0 bridgehead atoms. The van der Waals surface area contributed by atoms with Gasteiger partial charge in [0.25, 0.3) is 5.91 Å². The summed E-state index contributed by atoms with van der Waals surface area (Å²) in [4.78, 5) is 25.3. The average molecular weight is 437 g/mol. The third-order valence-electron chi connectivity index (χ3n) is 5.45. The molecule has 0 aliphatic carbocycles. The monoisotopic (exact) mass is 436 g/mol. The minimum Gasteiger partial charge on any atom is -0.508 e. The number of amides is 1. The van der Waals surface area contributed by atoms with Crippen molar-refractivity contribution in [1.29, 1.82) is 0 Å². The third-order valence-corrected chi connectivity index (χ3v) is 5.45. The van der Waals surface area contributed by atoms with Crippen molar-refractivity contribution in [3.05, 3.63) is 59.2 Å². The molecule has 0 radical (unpaired) electrons. The number of phenols is 3. The Kier molecular flexibility index (Phi) is 7.20. The molecule has 168 valence electrons. The van der Waals surface area contributed by atoms with E-state index in [2.05, 4.69) is 11.4 Å². The van der Waals surface area contributed by atoms with Crippen LogP contribution in [0.1, 0.15) is 49.9 Å². The van der Waals surface area contributed by atoms with Crippen LogP contribution in [0, 0.1) is 0 Å². The zero-order valence-corrected chi connectivity index (χ0v) is 18.3. The molecular formula is C25H28N2O5. The molecule has 2 aromatic rings. The molecule has 3 rings (SSSR count). The number of carbonyl (C=O) groups is 2. The number of aldehydes is 1. The molecule has 0 spiro atoms. The van der Waals surface area contributed by atoms with Crippen molar-refractivity contribution in [2.24, 2.45) is 0 Å². The van der Waals surface area contributed by atoms with Crippen LogP contribution in [0.2, 0.25) is 0 Å². The van der Waals surface area contributed by atoms with Gasteiger partial charge in [0, 0.05) is 25.1 Å². The van der Waals surface area contributed by atoms with Crippen molar-refractivity contribution in [2.45, 2.75) is 39.5 Å². The van der Waals surface area contributed by atoms with Crippen molar-refractivity contribution in [2.75, 3.05) is 16.8 Å². The summed E-state index contributed by atoms with van der Waals surface area (Å²) in [5, 5.41) is 33.6. The van der Waals surface area contributed by atoms with Gasteiger partial charge in [-0.1, -0.05) is 29.4 Å². The Hall–Kier alpha value is -3.74. The van der Waals surface area contributed by atoms with Gasteiger partial charge >= 0.3 is 0 Å². The SMILES string of the molecule is C/C(=C\CC/C(C)=C/CN1C(=O)c2cccc(O)c2Nc2c(O)cc(O)cc21)CCC=O. The number of benzene rings is 2. The Balaban J connectivity index is 1.87. The van der Waals surface area contributed by atoms with Gasteiger partial charge in [0.2, 0.25) is 0 Å². The lowest BCUT2D eigenvalue weighted by Gasteiger charge is -2.22. The van der Waals surface area contributed by atoms with E-state index >= 15 is 0 Å². The molecule has 7 nitrogen and oxygen atoms in total. The van der Waals surface area contributed by atoms with Gasteiger partial charge in [-0.2, -0.15) is 0 Å². The van der Waals surface area contributed by atoms with Gasteiger partial charge < -0.3 is 30.3 Å². The zero-order valence-electron chi connectivity index (χ0n) is 18.3. The molecule has 2 aromatic carbocycles. The smallest absolute Gasteiger partial charge is 0.260 e. The second-order valence-electron chi connectivity index (χ2n) is 7.94. The number of aromatic hydroxyl groups is 3. The minimum absolute atomic E-state index is 0.111. The Morgan fingerprint density at radius 3 is 2.44 bits per heavy atom. The van der Waals surface area contributed by atoms with Crippen LogP contribution in [0.5, 0.6) is 17.2 Å². The van der Waals surface area contributed by atoms with Crippen molar-refractivity contribution >= 4 is 29.3 Å². The van der Waals surface area contributed by atoms with E-state index in [1.165, 1.54) is 28.7 Å². The van der Waals surface area contributed by atoms with Crippen LogP contribution in [0.4, 0.5) is 17.1 Å². The summed E-state index contributed by atoms with van der Waals surface area (Å²) in [5.74, 6) is -0.876. The molecule has 1 heterocycles. The number of nitrogens with one attached hydrogen (secondary N) is 1. The van der Waals surface area contributed by atoms with Crippen molar-refractivity contribution in [1.82, 2.24) is 0 Å². The molecule has 0 fully saturated rings. The maximum absolute atomic E-state index is 13.3. The van der Waals surface area contributed by atoms with Gasteiger partial charge in [-0.05, 0) is 45.2 Å². The van der Waals surface area contributed by atoms with E-state index in [-0.39, 0.29) is 46.6 Å². The van der Waals surface area contributed by atoms with Crippen molar-refractivity contribution < 1.29 is 24.9 Å². The number of fused-ring (bicyclic) bond motifs is 2. The summed E-state index contributed by atoms with van der Waals surface area (Å²) in [6.45, 7) is 4.22. The van der Waals surface area contributed by atoms with Crippen LogP contribution in [0.15, 0.2) is 53.6 Å². The molecule has 0 saturated carbocycles. The number of anilines is 3. The first-order valence-electron chi connectivity index (χ1n) is 10.5. The summed E-state index contributed by atoms with van der Waals surface area (Å²) in [6.07, 6.45) is 7.89. The maximum Gasteiger partial charge on any atom is 0.260 e. The number of hydrogen-bond donors (Lipinski definition) is 4. The van der Waals surface area contributed by atoms with Crippen molar-refractivity contribution in [3.63, 3.8) is 0 Å². The minimum atomic E-state index is -0.360. The Labute approximate surface area is 187 Å². The summed E-state index contributed by atoms with van der Waals surface area (Å²) in [6, 6.07) is 7.23. The van der Waals surface area contributed by atoms with E-state index < -0.39 is 0 Å². The molecule has 32 heavy (non-hydrogen) atoms. The Morgan fingerprint density at radius 1 is 0.969 bits per heavy atom. The van der Waals surface area contributed by atoms with Crippen LogP contribution in [0.25, 0.3) is 0 Å². The summed E-state index contributed by atoms with van der Waals surface area (Å²) in [7, 11) is 0. The topological polar surface area (TPSA) is 110 Å². The summed E-state index contributed by atoms with van der Waals surface area (Å²) in [5.41, 5.74) is 3.28. The maximum atomic E-state index is 13.3. The predicted octanol–water partition coefficient (Wildman–Crippen LogP) is 5.16. The fourth-order valence-corrected chi connectivity index (χ4v) is 3.63. The number of rotatable bonds is 8. The highest BCUT2D eigenvalue weighted by Crippen LogP contribution is 2.45. The van der Waals surface area contributed by atoms with E-state index in [1.807, 2.05) is 19.9 Å². The molecule has 0 saturated heterocycles. The number of allylic oxidation sites excluding steroid dienone is 3. The van der Waals surface area contributed by atoms with E-state index in [0.717, 1.165) is 31.1 Å². The number of carbonyl (C=O) groups excluding carboxylic acids is 2. The largest absolute Gasteiger partial charge is 0.508 e. The highest BCUT2D eigenvalue weighted by Gasteiger charge is 2.29. The molecule has 4 N–H and O–H groups in total. The lowest BCUT2D eigenvalue weighted by atomic mass is 10.1. The molecular weight excluding hydrogens is 408 g/mol. The highest BCUT2D eigenvalue weighted by molar-refractivity contribution is 6.15. The fraction of sp³-hybridized carbons (Fsp3) is 0.280. The van der Waals surface area contributed by atoms with Gasteiger partial charge in [-0.3, -0.25) is 4.79 Å². The molecule has 0 atom stereocenters. The first-order chi connectivity index (χ1) is 15.3. The van der Waals surface area contributed by atoms with E-state index in [0.29, 0.717) is 12.1 Å². The lowest BCUT2D eigenvalue weighted by molar-refractivity contribution is -0.107. The third kappa shape index (κ3) is 5.11. The Morgan fingerprint density at radius 2 is 1.69 bits per heavy atom. The number of phenolic OH excluding ortho intramolecular Hbond substituents is 3. The molecule has 0 unspecified atom stereocenters. The standard InChI is InChI=1S/C25H28N2O5/c1-16(8-5-13-28)6-3-7-17(2)11-12-27-20-14-18(29)15-22(31)24(20)26-23-19(25(27)32)9-4-10-21(23)30/h4,6,9-11,13-15,26,29-31H,3,5,7-8,12H2,1-2H3/b16-6+,17-11+. The second-order valence-corrected chi connectivity index (χ2v) is 7.94. The summed E-state index contributed by atoms with van der Waals surface area (Å²) >= 11 is 0. The van der Waals surface area contributed by atoms with Gasteiger partial charge in [-0.15, -0.1) is 0 Å². The average Bonchev–Trinajstić information content (AvgIpc) is 2.86. The van der Waals surface area contributed by atoms with Crippen LogP contribution < -0.4 is 10.2 Å². The molecule has 1 amide bonds. The number of hydrogen-bond acceptors (Lipinski definition) is 6. The van der Waals surface area contributed by atoms with E-state index in [1.54, 1.807) is 12.1 Å². The summed E-state index contributed by atoms with van der Waals surface area (Å²) < 4.78 is 0. The second kappa shape index (κ2) is 10.0. The van der Waals surface area contributed by atoms with Gasteiger partial charge in [0.1, 0.15) is 29.2 Å². The first kappa shape index (κ1) is 22.9. The zero-order chi connectivity index (χ0) is 23.3. The highest BCUT2D eigenvalue weighted by atomic mass is 16.3. The molecule has 0 aromatic heterocycles. The van der Waals surface area contributed by atoms with Gasteiger partial charge in [0.05, 0.1) is 16.9 Å². The van der Waals surface area contributed by atoms with Crippen molar-refractivity contribution in [3.8, 4) is 17.2 Å². The lowest BCUT2D eigenvalue weighted by Crippen LogP contribution is -2.30. The van der Waals surface area contributed by atoms with Crippen LogP contribution in [-0.4, -0.2) is 34.1 Å². The molecule has 7 heteroatoms. The van der Waals surface area contributed by atoms with Gasteiger partial charge in [0.15, 0.2) is 0 Å².